The van der Waals surface area contributed by atoms with Crippen LogP contribution in [-0.2, 0) is 14.8 Å². The third kappa shape index (κ3) is 5.46. The lowest BCUT2D eigenvalue weighted by molar-refractivity contribution is 0.118. The number of nitrogens with one attached hydrogen (secondary N) is 1. The van der Waals surface area contributed by atoms with Crippen molar-refractivity contribution in [3.05, 3.63) is 18.2 Å². The van der Waals surface area contributed by atoms with Crippen LogP contribution in [0.15, 0.2) is 23.1 Å². The van der Waals surface area contributed by atoms with Gasteiger partial charge in [0.1, 0.15) is 0 Å². The highest BCUT2D eigenvalue weighted by Crippen LogP contribution is 2.21. The van der Waals surface area contributed by atoms with Crippen molar-refractivity contribution in [1.29, 1.82) is 0 Å². The van der Waals surface area contributed by atoms with Crippen molar-refractivity contribution >= 4 is 21.4 Å². The molecule has 0 aliphatic heterocycles. The monoisotopic (exact) mass is 287 g/mol. The third-order valence-electron chi connectivity index (χ3n) is 2.36. The van der Waals surface area contributed by atoms with E-state index in [1.165, 1.54) is 12.1 Å². The molecule has 7 heteroatoms. The number of ether oxygens (including phenoxy) is 1. The second-order valence-electron chi connectivity index (χ2n) is 4.69. The molecule has 0 bridgehead atoms. The smallest absolute Gasteiger partial charge is 0.238 e. The van der Waals surface area contributed by atoms with Crippen molar-refractivity contribution in [3.8, 4) is 0 Å². The average Bonchev–Trinajstić information content (AvgIpc) is 2.28. The molecule has 0 spiro atoms. The third-order valence-corrected chi connectivity index (χ3v) is 3.28. The van der Waals surface area contributed by atoms with Gasteiger partial charge in [0.15, 0.2) is 0 Å². The number of nitrogen functional groups attached to an aromatic ring is 1. The molecule has 0 saturated carbocycles. The highest BCUT2D eigenvalue weighted by molar-refractivity contribution is 7.89. The van der Waals surface area contributed by atoms with Crippen LogP contribution < -0.4 is 16.2 Å². The number of primary sulfonamides is 1. The van der Waals surface area contributed by atoms with Crippen molar-refractivity contribution in [2.75, 3.05) is 30.8 Å². The fraction of sp³-hybridized carbons (Fsp3) is 0.500. The molecular formula is C12H21N3O3S. The number of anilines is 2. The molecule has 108 valence electrons. The predicted octanol–water partition coefficient (Wildman–Crippen LogP) is 1.00. The Bertz CT molecular complexity index is 515. The summed E-state index contributed by atoms with van der Waals surface area (Å²) in [6, 6.07) is 4.35. The highest BCUT2D eigenvalue weighted by Gasteiger charge is 2.09. The van der Waals surface area contributed by atoms with Crippen LogP contribution in [0.25, 0.3) is 0 Å². The van der Waals surface area contributed by atoms with Gasteiger partial charge in [-0.2, -0.15) is 0 Å². The van der Waals surface area contributed by atoms with E-state index in [0.717, 1.165) is 0 Å². The molecule has 0 saturated heterocycles. The van der Waals surface area contributed by atoms with Gasteiger partial charge in [-0.05, 0) is 24.1 Å². The summed E-state index contributed by atoms with van der Waals surface area (Å²) in [6.45, 7) is 6.04. The molecule has 0 radical (unpaired) electrons. The van der Waals surface area contributed by atoms with E-state index in [1.807, 2.05) is 0 Å². The summed E-state index contributed by atoms with van der Waals surface area (Å²) in [5, 5.41) is 8.10. The van der Waals surface area contributed by atoms with Crippen LogP contribution in [0, 0.1) is 5.92 Å². The molecule has 0 aliphatic carbocycles. The average molecular weight is 287 g/mol. The predicted molar refractivity (Wildman–Crippen MR) is 76.4 cm³/mol. The van der Waals surface area contributed by atoms with E-state index in [9.17, 15) is 8.42 Å². The Morgan fingerprint density at radius 3 is 2.58 bits per heavy atom. The number of sulfonamides is 1. The zero-order chi connectivity index (χ0) is 14.5. The Balaban J connectivity index is 2.52. The van der Waals surface area contributed by atoms with Crippen molar-refractivity contribution in [2.45, 2.75) is 18.7 Å². The van der Waals surface area contributed by atoms with Crippen LogP contribution in [0.4, 0.5) is 11.4 Å². The molecule has 5 N–H and O–H groups in total. The van der Waals surface area contributed by atoms with E-state index in [0.29, 0.717) is 37.1 Å². The van der Waals surface area contributed by atoms with Gasteiger partial charge in [0.05, 0.1) is 22.9 Å². The Labute approximate surface area is 114 Å². The van der Waals surface area contributed by atoms with Crippen molar-refractivity contribution in [1.82, 2.24) is 0 Å². The van der Waals surface area contributed by atoms with Gasteiger partial charge in [0, 0.05) is 13.2 Å². The minimum absolute atomic E-state index is 0.00612. The summed E-state index contributed by atoms with van der Waals surface area (Å²) in [7, 11) is -3.71. The first-order valence-electron chi connectivity index (χ1n) is 6.04. The Morgan fingerprint density at radius 1 is 1.37 bits per heavy atom. The van der Waals surface area contributed by atoms with E-state index in [1.54, 1.807) is 6.07 Å². The molecule has 0 aromatic heterocycles. The van der Waals surface area contributed by atoms with Crippen LogP contribution in [0.3, 0.4) is 0 Å². The summed E-state index contributed by atoms with van der Waals surface area (Å²) in [5.74, 6) is 0.499. The normalized spacial score (nSPS) is 11.8. The van der Waals surface area contributed by atoms with E-state index in [4.69, 9.17) is 15.6 Å². The maximum absolute atomic E-state index is 11.1. The largest absolute Gasteiger partial charge is 0.397 e. The molecular weight excluding hydrogens is 266 g/mol. The summed E-state index contributed by atoms with van der Waals surface area (Å²) in [4.78, 5) is 0.00612. The minimum atomic E-state index is -3.71. The first-order chi connectivity index (χ1) is 8.80. The number of nitrogens with two attached hydrogens (primary N) is 2. The molecule has 0 aliphatic rings. The molecule has 19 heavy (non-hydrogen) atoms. The highest BCUT2D eigenvalue weighted by atomic mass is 32.2. The van der Waals surface area contributed by atoms with Crippen molar-refractivity contribution in [2.24, 2.45) is 11.1 Å². The summed E-state index contributed by atoms with van der Waals surface area (Å²) < 4.78 is 27.7. The number of benzene rings is 1. The van der Waals surface area contributed by atoms with Gasteiger partial charge in [-0.1, -0.05) is 13.8 Å². The van der Waals surface area contributed by atoms with Crippen LogP contribution >= 0.6 is 0 Å². The first kappa shape index (κ1) is 15.7. The van der Waals surface area contributed by atoms with Crippen LogP contribution in [0.2, 0.25) is 0 Å². The summed E-state index contributed by atoms with van der Waals surface area (Å²) in [5.41, 5.74) is 6.77. The van der Waals surface area contributed by atoms with Gasteiger partial charge in [-0.3, -0.25) is 0 Å². The van der Waals surface area contributed by atoms with E-state index in [2.05, 4.69) is 19.2 Å². The zero-order valence-electron chi connectivity index (χ0n) is 11.2. The SMILES string of the molecule is CC(C)COCCNc1ccc(S(N)(=O)=O)cc1N. The fourth-order valence-corrected chi connectivity index (χ4v) is 2.00. The van der Waals surface area contributed by atoms with Gasteiger partial charge in [0.25, 0.3) is 0 Å². The standard InChI is InChI=1S/C12H21N3O3S/c1-9(2)8-18-6-5-15-12-4-3-10(7-11(12)13)19(14,16)17/h3-4,7,9,15H,5-6,8,13H2,1-2H3,(H2,14,16,17). The number of hydrogen-bond acceptors (Lipinski definition) is 5. The summed E-state index contributed by atoms with van der Waals surface area (Å²) in [6.07, 6.45) is 0. The van der Waals surface area contributed by atoms with Crippen molar-refractivity contribution < 1.29 is 13.2 Å². The molecule has 6 nitrogen and oxygen atoms in total. The van der Waals surface area contributed by atoms with Gasteiger partial charge >= 0.3 is 0 Å². The van der Waals surface area contributed by atoms with Crippen LogP contribution in [0.5, 0.6) is 0 Å². The molecule has 0 unspecified atom stereocenters. The lowest BCUT2D eigenvalue weighted by atomic mass is 10.2. The van der Waals surface area contributed by atoms with Crippen LogP contribution in [-0.4, -0.2) is 28.2 Å². The lowest BCUT2D eigenvalue weighted by Gasteiger charge is -2.11. The quantitative estimate of drug-likeness (QED) is 0.512. The minimum Gasteiger partial charge on any atom is -0.397 e. The number of hydrogen-bond donors (Lipinski definition) is 3. The molecule has 1 aromatic rings. The molecule has 0 atom stereocenters. The maximum atomic E-state index is 11.1. The number of rotatable bonds is 7. The maximum Gasteiger partial charge on any atom is 0.238 e. The molecule has 1 aromatic carbocycles. The Morgan fingerprint density at radius 2 is 2.05 bits per heavy atom. The molecule has 0 heterocycles. The van der Waals surface area contributed by atoms with E-state index in [-0.39, 0.29) is 4.90 Å². The second-order valence-corrected chi connectivity index (χ2v) is 6.25. The fourth-order valence-electron chi connectivity index (χ4n) is 1.46. The Kier molecular flexibility index (Phi) is 5.59. The van der Waals surface area contributed by atoms with Gasteiger partial charge < -0.3 is 15.8 Å². The van der Waals surface area contributed by atoms with Crippen LogP contribution in [0.1, 0.15) is 13.8 Å². The topological polar surface area (TPSA) is 107 Å². The Hall–Kier alpha value is -1.31. The van der Waals surface area contributed by atoms with E-state index >= 15 is 0 Å². The first-order valence-corrected chi connectivity index (χ1v) is 7.59. The zero-order valence-corrected chi connectivity index (χ0v) is 12.0. The molecule has 0 fully saturated rings. The van der Waals surface area contributed by atoms with Gasteiger partial charge in [-0.15, -0.1) is 0 Å². The van der Waals surface area contributed by atoms with Gasteiger partial charge in [-0.25, -0.2) is 13.6 Å². The van der Waals surface area contributed by atoms with Gasteiger partial charge in [0.2, 0.25) is 10.0 Å². The second kappa shape index (κ2) is 6.74. The van der Waals surface area contributed by atoms with Crippen molar-refractivity contribution in [3.63, 3.8) is 0 Å². The lowest BCUT2D eigenvalue weighted by Crippen LogP contribution is -2.15. The molecule has 0 amide bonds. The summed E-state index contributed by atoms with van der Waals surface area (Å²) >= 11 is 0. The molecule has 1 rings (SSSR count). The van der Waals surface area contributed by atoms with E-state index < -0.39 is 10.0 Å².